The Morgan fingerprint density at radius 1 is 1.00 bits per heavy atom. The molecule has 0 spiro atoms. The number of hydrogen-bond acceptors (Lipinski definition) is 4. The summed E-state index contributed by atoms with van der Waals surface area (Å²) in [5, 5.41) is 0.644. The van der Waals surface area contributed by atoms with Crippen molar-refractivity contribution in [3.8, 4) is 5.69 Å². The van der Waals surface area contributed by atoms with Gasteiger partial charge in [0.05, 0.1) is 5.25 Å². The van der Waals surface area contributed by atoms with Gasteiger partial charge in [0.25, 0.3) is 0 Å². The molecule has 1 saturated heterocycles. The molecule has 1 aliphatic heterocycles. The molecule has 1 aromatic heterocycles. The maximum atomic E-state index is 13.0. The first kappa shape index (κ1) is 20.0. The molecule has 1 amide bonds. The summed E-state index contributed by atoms with van der Waals surface area (Å²) in [7, 11) is 0. The summed E-state index contributed by atoms with van der Waals surface area (Å²) in [6.07, 6.45) is 3.71. The van der Waals surface area contributed by atoms with Gasteiger partial charge in [-0.3, -0.25) is 9.36 Å². The number of anilines is 1. The van der Waals surface area contributed by atoms with Crippen molar-refractivity contribution in [2.45, 2.75) is 17.3 Å². The molecule has 3 aromatic rings. The largest absolute Gasteiger partial charge is 0.368 e. The van der Waals surface area contributed by atoms with Gasteiger partial charge in [-0.1, -0.05) is 45.9 Å². The van der Waals surface area contributed by atoms with E-state index in [9.17, 15) is 4.79 Å². The van der Waals surface area contributed by atoms with Crippen molar-refractivity contribution in [3.05, 3.63) is 71.5 Å². The van der Waals surface area contributed by atoms with E-state index in [1.807, 2.05) is 52.9 Å². The Balaban J connectivity index is 1.37. The van der Waals surface area contributed by atoms with E-state index in [1.54, 1.807) is 6.20 Å². The van der Waals surface area contributed by atoms with Gasteiger partial charge in [0, 0.05) is 54.4 Å². The Kier molecular flexibility index (Phi) is 6.25. The van der Waals surface area contributed by atoms with E-state index in [0.29, 0.717) is 0 Å². The second-order valence-electron chi connectivity index (χ2n) is 6.96. The van der Waals surface area contributed by atoms with Crippen molar-refractivity contribution in [1.29, 1.82) is 0 Å². The molecule has 0 aliphatic carbocycles. The van der Waals surface area contributed by atoms with E-state index in [-0.39, 0.29) is 11.2 Å². The first-order valence-electron chi connectivity index (χ1n) is 9.66. The molecule has 1 aliphatic rings. The molecule has 29 heavy (non-hydrogen) atoms. The Labute approximate surface area is 183 Å². The number of halogens is 1. The maximum absolute atomic E-state index is 13.0. The third-order valence-corrected chi connectivity index (χ3v) is 6.65. The van der Waals surface area contributed by atoms with Gasteiger partial charge in [0.1, 0.15) is 0 Å². The summed E-state index contributed by atoms with van der Waals surface area (Å²) in [6, 6.07) is 18.5. The predicted molar refractivity (Wildman–Crippen MR) is 122 cm³/mol. The Hall–Kier alpha value is -2.25. The average Bonchev–Trinajstić information content (AvgIpc) is 3.22. The topological polar surface area (TPSA) is 41.4 Å². The van der Waals surface area contributed by atoms with E-state index in [0.717, 1.165) is 41.5 Å². The summed E-state index contributed by atoms with van der Waals surface area (Å²) in [4.78, 5) is 21.8. The molecule has 0 saturated carbocycles. The second kappa shape index (κ2) is 9.05. The third kappa shape index (κ3) is 4.67. The van der Waals surface area contributed by atoms with Crippen molar-refractivity contribution in [3.63, 3.8) is 0 Å². The van der Waals surface area contributed by atoms with Crippen LogP contribution in [0.3, 0.4) is 0 Å². The van der Waals surface area contributed by atoms with Crippen LogP contribution in [-0.2, 0) is 4.79 Å². The van der Waals surface area contributed by atoms with Crippen molar-refractivity contribution in [1.82, 2.24) is 14.5 Å². The smallest absolute Gasteiger partial charge is 0.236 e. The predicted octanol–water partition coefficient (Wildman–Crippen LogP) is 4.46. The standard InChI is InChI=1S/C22H23BrN4OS/c1-17(29-22-24-11-12-27(22)20-9-7-18(23)8-10-20)21(28)26-15-13-25(14-16-26)19-5-3-2-4-6-19/h2-12,17H,13-16H2,1H3. The molecule has 5 nitrogen and oxygen atoms in total. The van der Waals surface area contributed by atoms with Gasteiger partial charge in [-0.2, -0.15) is 0 Å². The summed E-state index contributed by atoms with van der Waals surface area (Å²) in [5.74, 6) is 0.174. The molecule has 7 heteroatoms. The van der Waals surface area contributed by atoms with Gasteiger partial charge in [-0.15, -0.1) is 0 Å². The molecule has 150 valence electrons. The lowest BCUT2D eigenvalue weighted by molar-refractivity contribution is -0.130. The maximum Gasteiger partial charge on any atom is 0.236 e. The van der Waals surface area contributed by atoms with Crippen LogP contribution < -0.4 is 4.90 Å². The highest BCUT2D eigenvalue weighted by molar-refractivity contribution is 9.10. The van der Waals surface area contributed by atoms with Gasteiger partial charge in [0.2, 0.25) is 5.91 Å². The number of aromatic nitrogens is 2. The van der Waals surface area contributed by atoms with E-state index >= 15 is 0 Å². The minimum Gasteiger partial charge on any atom is -0.368 e. The molecule has 1 atom stereocenters. The van der Waals surface area contributed by atoms with Crippen LogP contribution in [0.1, 0.15) is 6.92 Å². The van der Waals surface area contributed by atoms with Gasteiger partial charge in [-0.25, -0.2) is 4.98 Å². The highest BCUT2D eigenvalue weighted by Gasteiger charge is 2.26. The minimum atomic E-state index is -0.185. The summed E-state index contributed by atoms with van der Waals surface area (Å²) < 4.78 is 3.06. The molecule has 0 N–H and O–H groups in total. The monoisotopic (exact) mass is 470 g/mol. The van der Waals surface area contributed by atoms with Crippen LogP contribution >= 0.6 is 27.7 Å². The fourth-order valence-electron chi connectivity index (χ4n) is 3.46. The Morgan fingerprint density at radius 2 is 1.69 bits per heavy atom. The van der Waals surface area contributed by atoms with Gasteiger partial charge < -0.3 is 9.80 Å². The quantitative estimate of drug-likeness (QED) is 0.516. The van der Waals surface area contributed by atoms with Crippen LogP contribution in [-0.4, -0.2) is 51.8 Å². The zero-order valence-corrected chi connectivity index (χ0v) is 18.6. The second-order valence-corrected chi connectivity index (χ2v) is 9.19. The molecule has 0 bridgehead atoms. The molecule has 2 aromatic carbocycles. The van der Waals surface area contributed by atoms with Crippen LogP contribution in [0.25, 0.3) is 5.69 Å². The molecule has 1 fully saturated rings. The van der Waals surface area contributed by atoms with Gasteiger partial charge in [-0.05, 0) is 43.3 Å². The number of thioether (sulfide) groups is 1. The molecule has 2 heterocycles. The number of piperazine rings is 1. The van der Waals surface area contributed by atoms with Crippen LogP contribution in [0, 0.1) is 0 Å². The van der Waals surface area contributed by atoms with Crippen molar-refractivity contribution in [2.75, 3.05) is 31.1 Å². The highest BCUT2D eigenvalue weighted by atomic mass is 79.9. The van der Waals surface area contributed by atoms with E-state index in [1.165, 1.54) is 17.4 Å². The van der Waals surface area contributed by atoms with Crippen LogP contribution in [0.15, 0.2) is 76.6 Å². The summed E-state index contributed by atoms with van der Waals surface area (Å²) >= 11 is 4.98. The summed E-state index contributed by atoms with van der Waals surface area (Å²) in [5.41, 5.74) is 2.25. The van der Waals surface area contributed by atoms with Gasteiger partial charge >= 0.3 is 0 Å². The first-order chi connectivity index (χ1) is 14.1. The molecule has 4 rings (SSSR count). The van der Waals surface area contributed by atoms with Crippen LogP contribution in [0.4, 0.5) is 5.69 Å². The lowest BCUT2D eigenvalue weighted by Crippen LogP contribution is -2.50. The van der Waals surface area contributed by atoms with Crippen molar-refractivity contribution in [2.24, 2.45) is 0 Å². The lowest BCUT2D eigenvalue weighted by atomic mass is 10.2. The van der Waals surface area contributed by atoms with E-state index < -0.39 is 0 Å². The zero-order chi connectivity index (χ0) is 20.2. The zero-order valence-electron chi connectivity index (χ0n) is 16.2. The Bertz CT molecular complexity index is 952. The van der Waals surface area contributed by atoms with Crippen LogP contribution in [0.2, 0.25) is 0 Å². The number of nitrogens with zero attached hydrogens (tertiary/aromatic N) is 4. The van der Waals surface area contributed by atoms with E-state index in [4.69, 9.17) is 0 Å². The lowest BCUT2D eigenvalue weighted by Gasteiger charge is -2.37. The fourth-order valence-corrected chi connectivity index (χ4v) is 4.70. The Morgan fingerprint density at radius 3 is 2.38 bits per heavy atom. The molecular weight excluding hydrogens is 448 g/mol. The van der Waals surface area contributed by atoms with Crippen molar-refractivity contribution < 1.29 is 4.79 Å². The molecule has 0 radical (unpaired) electrons. The van der Waals surface area contributed by atoms with Crippen molar-refractivity contribution >= 4 is 39.3 Å². The highest BCUT2D eigenvalue weighted by Crippen LogP contribution is 2.27. The number of carbonyl (C=O) groups is 1. The first-order valence-corrected chi connectivity index (χ1v) is 11.3. The number of amides is 1. The number of carbonyl (C=O) groups excluding carboxylic acids is 1. The SMILES string of the molecule is CC(Sc1nccn1-c1ccc(Br)cc1)C(=O)N1CCN(c2ccccc2)CC1. The third-order valence-electron chi connectivity index (χ3n) is 5.05. The summed E-state index contributed by atoms with van der Waals surface area (Å²) in [6.45, 7) is 5.19. The average molecular weight is 471 g/mol. The van der Waals surface area contributed by atoms with E-state index in [2.05, 4.69) is 50.1 Å². The number of para-hydroxylation sites is 1. The normalized spacial score (nSPS) is 15.4. The number of rotatable bonds is 5. The molecule has 1 unspecified atom stereocenters. The number of imidazole rings is 1. The van der Waals surface area contributed by atoms with Crippen LogP contribution in [0.5, 0.6) is 0 Å². The molecular formula is C22H23BrN4OS. The fraction of sp³-hybridized carbons (Fsp3) is 0.273. The minimum absolute atomic E-state index is 0.174. The number of hydrogen-bond donors (Lipinski definition) is 0. The number of benzene rings is 2. The van der Waals surface area contributed by atoms with Gasteiger partial charge in [0.15, 0.2) is 5.16 Å².